The zero-order valence-corrected chi connectivity index (χ0v) is 13.0. The number of esters is 3. The molecular formula is C15H19NO6. The largest absolute Gasteiger partial charge is 0.456 e. The van der Waals surface area contributed by atoms with Crippen molar-refractivity contribution in [1.29, 1.82) is 0 Å². The van der Waals surface area contributed by atoms with Gasteiger partial charge in [0.1, 0.15) is 6.10 Å². The number of ether oxygens (including phenoxy) is 3. The fourth-order valence-corrected chi connectivity index (χ4v) is 1.81. The highest BCUT2D eigenvalue weighted by Gasteiger charge is 2.18. The first kappa shape index (κ1) is 17.6. The quantitative estimate of drug-likeness (QED) is 0.626. The summed E-state index contributed by atoms with van der Waals surface area (Å²) in [7, 11) is 1.72. The fraction of sp³-hybridized carbons (Fsp3) is 0.400. The van der Waals surface area contributed by atoms with Crippen molar-refractivity contribution in [2.45, 2.75) is 26.9 Å². The van der Waals surface area contributed by atoms with Crippen molar-refractivity contribution in [3.8, 4) is 11.5 Å². The number of hydrogen-bond donors (Lipinski definition) is 1. The third-order valence-corrected chi connectivity index (χ3v) is 2.54. The zero-order valence-electron chi connectivity index (χ0n) is 13.0. The molecule has 120 valence electrons. The Morgan fingerprint density at radius 1 is 1.00 bits per heavy atom. The molecule has 0 aromatic heterocycles. The maximum Gasteiger partial charge on any atom is 0.308 e. The van der Waals surface area contributed by atoms with Crippen LogP contribution in [0.3, 0.4) is 0 Å². The third-order valence-electron chi connectivity index (χ3n) is 2.54. The Hall–Kier alpha value is -2.41. The van der Waals surface area contributed by atoms with Crippen LogP contribution in [0.15, 0.2) is 18.2 Å². The molecule has 0 spiro atoms. The molecule has 1 rings (SSSR count). The summed E-state index contributed by atoms with van der Waals surface area (Å²) >= 11 is 0. The number of benzene rings is 1. The monoisotopic (exact) mass is 309 g/mol. The van der Waals surface area contributed by atoms with Crippen LogP contribution in [-0.4, -0.2) is 31.5 Å². The van der Waals surface area contributed by atoms with Gasteiger partial charge in [-0.15, -0.1) is 0 Å². The molecule has 1 aromatic carbocycles. The molecule has 7 nitrogen and oxygen atoms in total. The van der Waals surface area contributed by atoms with Gasteiger partial charge in [0.25, 0.3) is 0 Å². The van der Waals surface area contributed by atoms with Crippen molar-refractivity contribution in [3.05, 3.63) is 23.8 Å². The van der Waals surface area contributed by atoms with E-state index in [1.54, 1.807) is 13.1 Å². The van der Waals surface area contributed by atoms with E-state index in [-0.39, 0.29) is 11.5 Å². The van der Waals surface area contributed by atoms with Gasteiger partial charge < -0.3 is 19.5 Å². The van der Waals surface area contributed by atoms with Crippen molar-refractivity contribution in [2.75, 3.05) is 13.6 Å². The minimum absolute atomic E-state index is 0.0912. The van der Waals surface area contributed by atoms with Crippen LogP contribution in [-0.2, 0) is 19.1 Å². The molecule has 1 N–H and O–H groups in total. The molecule has 0 heterocycles. The average Bonchev–Trinajstić information content (AvgIpc) is 2.38. The number of rotatable bonds is 6. The van der Waals surface area contributed by atoms with E-state index < -0.39 is 24.0 Å². The molecule has 0 fully saturated rings. The van der Waals surface area contributed by atoms with Crippen LogP contribution in [0.25, 0.3) is 0 Å². The average molecular weight is 309 g/mol. The molecule has 0 aliphatic carbocycles. The molecule has 22 heavy (non-hydrogen) atoms. The van der Waals surface area contributed by atoms with E-state index in [1.807, 2.05) is 0 Å². The molecule has 0 aliphatic rings. The predicted molar refractivity (Wildman–Crippen MR) is 77.5 cm³/mol. The van der Waals surface area contributed by atoms with Crippen molar-refractivity contribution < 1.29 is 28.6 Å². The highest BCUT2D eigenvalue weighted by Crippen LogP contribution is 2.32. The Labute approximate surface area is 128 Å². The SMILES string of the molecule is CNC[C@H](OC(C)=O)c1ccc(OC(C)=O)c(OC(C)=O)c1. The molecular weight excluding hydrogens is 290 g/mol. The van der Waals surface area contributed by atoms with Gasteiger partial charge in [-0.2, -0.15) is 0 Å². The van der Waals surface area contributed by atoms with E-state index in [9.17, 15) is 14.4 Å². The zero-order chi connectivity index (χ0) is 16.7. The van der Waals surface area contributed by atoms with E-state index in [1.165, 1.54) is 32.9 Å². The van der Waals surface area contributed by atoms with E-state index in [0.29, 0.717) is 12.1 Å². The van der Waals surface area contributed by atoms with Crippen LogP contribution in [0.5, 0.6) is 11.5 Å². The number of likely N-dealkylation sites (N-methyl/N-ethyl adjacent to an activating group) is 1. The summed E-state index contributed by atoms with van der Waals surface area (Å²) in [5.74, 6) is -1.31. The van der Waals surface area contributed by atoms with Crippen LogP contribution in [0.4, 0.5) is 0 Å². The van der Waals surface area contributed by atoms with Gasteiger partial charge in [-0.1, -0.05) is 6.07 Å². The Morgan fingerprint density at radius 2 is 1.59 bits per heavy atom. The lowest BCUT2D eigenvalue weighted by molar-refractivity contribution is -0.146. The smallest absolute Gasteiger partial charge is 0.308 e. The standard InChI is InChI=1S/C15H19NO6/c1-9(17)20-13-6-5-12(7-14(13)21-10(2)18)15(8-16-4)22-11(3)19/h5-7,15-16H,8H2,1-4H3/t15-/m0/s1. The first-order valence-electron chi connectivity index (χ1n) is 6.66. The predicted octanol–water partition coefficient (Wildman–Crippen LogP) is 1.36. The minimum Gasteiger partial charge on any atom is -0.456 e. The second kappa shape index (κ2) is 8.14. The molecule has 0 saturated carbocycles. The van der Waals surface area contributed by atoms with Gasteiger partial charge in [0.05, 0.1) is 0 Å². The number of carbonyl (C=O) groups is 3. The van der Waals surface area contributed by atoms with Crippen molar-refractivity contribution in [2.24, 2.45) is 0 Å². The van der Waals surface area contributed by atoms with Crippen LogP contribution in [0.2, 0.25) is 0 Å². The fourth-order valence-electron chi connectivity index (χ4n) is 1.81. The summed E-state index contributed by atoms with van der Waals surface area (Å²) < 4.78 is 15.2. The number of hydrogen-bond acceptors (Lipinski definition) is 7. The topological polar surface area (TPSA) is 90.9 Å². The maximum absolute atomic E-state index is 11.2. The van der Waals surface area contributed by atoms with Gasteiger partial charge in [-0.3, -0.25) is 14.4 Å². The van der Waals surface area contributed by atoms with E-state index in [4.69, 9.17) is 14.2 Å². The number of carbonyl (C=O) groups excluding carboxylic acids is 3. The molecule has 1 atom stereocenters. The van der Waals surface area contributed by atoms with Gasteiger partial charge in [-0.25, -0.2) is 0 Å². The van der Waals surface area contributed by atoms with Crippen molar-refractivity contribution in [3.63, 3.8) is 0 Å². The molecule has 0 amide bonds. The van der Waals surface area contributed by atoms with Gasteiger partial charge in [-0.05, 0) is 24.7 Å². The summed E-state index contributed by atoms with van der Waals surface area (Å²) in [5.41, 5.74) is 0.608. The molecule has 0 unspecified atom stereocenters. The molecule has 0 aliphatic heterocycles. The summed E-state index contributed by atoms with van der Waals surface area (Å²) in [6, 6.07) is 4.63. The number of nitrogens with one attached hydrogen (secondary N) is 1. The lowest BCUT2D eigenvalue weighted by atomic mass is 10.1. The molecule has 7 heteroatoms. The Bertz CT molecular complexity index is 569. The molecule has 1 aromatic rings. The van der Waals surface area contributed by atoms with Crippen LogP contribution in [0.1, 0.15) is 32.4 Å². The first-order chi connectivity index (χ1) is 10.3. The summed E-state index contributed by atoms with van der Waals surface area (Å²) in [6.45, 7) is 4.17. The van der Waals surface area contributed by atoms with E-state index in [0.717, 1.165) is 0 Å². The maximum atomic E-state index is 11.2. The van der Waals surface area contributed by atoms with E-state index >= 15 is 0 Å². The van der Waals surface area contributed by atoms with Crippen molar-refractivity contribution >= 4 is 17.9 Å². The lowest BCUT2D eigenvalue weighted by Gasteiger charge is -2.18. The summed E-state index contributed by atoms with van der Waals surface area (Å²) in [4.78, 5) is 33.4. The lowest BCUT2D eigenvalue weighted by Crippen LogP contribution is -2.21. The second-order valence-electron chi connectivity index (χ2n) is 4.55. The van der Waals surface area contributed by atoms with Gasteiger partial charge in [0, 0.05) is 27.3 Å². The Kier molecular flexibility index (Phi) is 6.52. The highest BCUT2D eigenvalue weighted by molar-refractivity contribution is 5.73. The van der Waals surface area contributed by atoms with E-state index in [2.05, 4.69) is 5.32 Å². The van der Waals surface area contributed by atoms with Gasteiger partial charge >= 0.3 is 17.9 Å². The third kappa shape index (κ3) is 5.53. The molecule has 0 radical (unpaired) electrons. The Morgan fingerprint density at radius 3 is 2.09 bits per heavy atom. The van der Waals surface area contributed by atoms with Crippen LogP contribution < -0.4 is 14.8 Å². The highest BCUT2D eigenvalue weighted by atomic mass is 16.6. The van der Waals surface area contributed by atoms with Crippen molar-refractivity contribution in [1.82, 2.24) is 5.32 Å². The molecule has 0 saturated heterocycles. The van der Waals surface area contributed by atoms with Crippen LogP contribution >= 0.6 is 0 Å². The summed E-state index contributed by atoms with van der Waals surface area (Å²) in [5, 5.41) is 2.91. The summed E-state index contributed by atoms with van der Waals surface area (Å²) in [6.07, 6.45) is -0.553. The second-order valence-corrected chi connectivity index (χ2v) is 4.55. The van der Waals surface area contributed by atoms with Gasteiger partial charge in [0.15, 0.2) is 11.5 Å². The normalized spacial score (nSPS) is 11.5. The minimum atomic E-state index is -0.553. The first-order valence-corrected chi connectivity index (χ1v) is 6.66. The molecule has 0 bridgehead atoms. The van der Waals surface area contributed by atoms with Crippen LogP contribution in [0, 0.1) is 0 Å². The Balaban J connectivity index is 3.16. The van der Waals surface area contributed by atoms with Gasteiger partial charge in [0.2, 0.25) is 0 Å².